The zero-order valence-electron chi connectivity index (χ0n) is 10.2. The van der Waals surface area contributed by atoms with E-state index in [9.17, 15) is 4.39 Å². The second-order valence-corrected chi connectivity index (χ2v) is 4.24. The molecule has 1 N–H and O–H groups in total. The lowest BCUT2D eigenvalue weighted by atomic mass is 10.2. The maximum atomic E-state index is 13.7. The third-order valence-electron chi connectivity index (χ3n) is 2.55. The van der Waals surface area contributed by atoms with Crippen LogP contribution in [0.3, 0.4) is 0 Å². The van der Waals surface area contributed by atoms with Crippen LogP contribution in [-0.2, 0) is 6.42 Å². The Hall–Kier alpha value is -0.900. The molecule has 0 aliphatic rings. The number of anilines is 1. The SMILES string of the molecule is CCc1ncnc(NCCCCCCCl)c1F. The lowest BCUT2D eigenvalue weighted by molar-refractivity contribution is 0.595. The fourth-order valence-corrected chi connectivity index (χ4v) is 1.74. The van der Waals surface area contributed by atoms with E-state index in [0.29, 0.717) is 23.8 Å². The predicted octanol–water partition coefficient (Wildman–Crippen LogP) is 3.39. The van der Waals surface area contributed by atoms with Crippen molar-refractivity contribution in [2.24, 2.45) is 0 Å². The smallest absolute Gasteiger partial charge is 0.186 e. The predicted molar refractivity (Wildman–Crippen MR) is 69.0 cm³/mol. The molecule has 1 aromatic rings. The number of hydrogen-bond donors (Lipinski definition) is 1. The quantitative estimate of drug-likeness (QED) is 0.574. The number of unbranched alkanes of at least 4 members (excludes halogenated alkanes) is 3. The average molecular weight is 260 g/mol. The van der Waals surface area contributed by atoms with Crippen molar-refractivity contribution in [2.45, 2.75) is 39.0 Å². The topological polar surface area (TPSA) is 37.8 Å². The first kappa shape index (κ1) is 14.2. The van der Waals surface area contributed by atoms with E-state index in [1.165, 1.54) is 6.33 Å². The first-order chi connectivity index (χ1) is 8.29. The van der Waals surface area contributed by atoms with E-state index in [1.807, 2.05) is 6.92 Å². The maximum absolute atomic E-state index is 13.7. The molecular weight excluding hydrogens is 241 g/mol. The summed E-state index contributed by atoms with van der Waals surface area (Å²) in [4.78, 5) is 7.79. The van der Waals surface area contributed by atoms with Gasteiger partial charge in [-0.15, -0.1) is 11.6 Å². The molecular formula is C12H19ClFN3. The minimum absolute atomic E-state index is 0.314. The number of aromatic nitrogens is 2. The van der Waals surface area contributed by atoms with Crippen LogP contribution in [0.4, 0.5) is 10.2 Å². The highest BCUT2D eigenvalue weighted by molar-refractivity contribution is 6.17. The van der Waals surface area contributed by atoms with Crippen molar-refractivity contribution in [1.82, 2.24) is 9.97 Å². The minimum Gasteiger partial charge on any atom is -0.368 e. The van der Waals surface area contributed by atoms with E-state index >= 15 is 0 Å². The van der Waals surface area contributed by atoms with Crippen molar-refractivity contribution in [3.8, 4) is 0 Å². The van der Waals surface area contributed by atoms with E-state index in [-0.39, 0.29) is 5.82 Å². The molecule has 1 rings (SSSR count). The lowest BCUT2D eigenvalue weighted by Gasteiger charge is -2.07. The Labute approximate surface area is 107 Å². The van der Waals surface area contributed by atoms with E-state index in [4.69, 9.17) is 11.6 Å². The van der Waals surface area contributed by atoms with E-state index in [0.717, 1.165) is 32.2 Å². The Morgan fingerprint density at radius 1 is 1.24 bits per heavy atom. The molecule has 0 unspecified atom stereocenters. The number of halogens is 2. The molecule has 0 saturated heterocycles. The van der Waals surface area contributed by atoms with Gasteiger partial charge in [-0.1, -0.05) is 19.8 Å². The molecule has 0 aliphatic heterocycles. The van der Waals surface area contributed by atoms with Crippen LogP contribution in [0.5, 0.6) is 0 Å². The fourth-order valence-electron chi connectivity index (χ4n) is 1.56. The standard InChI is InChI=1S/C12H19ClFN3/c1-2-10-11(14)12(17-9-16-10)15-8-6-4-3-5-7-13/h9H,2-8H2,1H3,(H,15,16,17). The molecule has 0 radical (unpaired) electrons. The van der Waals surface area contributed by atoms with Crippen LogP contribution < -0.4 is 5.32 Å². The van der Waals surface area contributed by atoms with Crippen LogP contribution in [0.1, 0.15) is 38.3 Å². The first-order valence-corrected chi connectivity index (χ1v) is 6.62. The summed E-state index contributed by atoms with van der Waals surface area (Å²) >= 11 is 5.58. The van der Waals surface area contributed by atoms with Gasteiger partial charge < -0.3 is 5.32 Å². The Balaban J connectivity index is 2.31. The Morgan fingerprint density at radius 2 is 2.00 bits per heavy atom. The Morgan fingerprint density at radius 3 is 2.71 bits per heavy atom. The van der Waals surface area contributed by atoms with Crippen LogP contribution >= 0.6 is 11.6 Å². The largest absolute Gasteiger partial charge is 0.368 e. The number of rotatable bonds is 8. The number of nitrogens with zero attached hydrogens (tertiary/aromatic N) is 2. The van der Waals surface area contributed by atoms with Gasteiger partial charge in [-0.3, -0.25) is 0 Å². The van der Waals surface area contributed by atoms with Crippen molar-refractivity contribution in [1.29, 1.82) is 0 Å². The van der Waals surface area contributed by atoms with E-state index < -0.39 is 0 Å². The highest BCUT2D eigenvalue weighted by Gasteiger charge is 2.08. The maximum Gasteiger partial charge on any atom is 0.186 e. The van der Waals surface area contributed by atoms with Crippen molar-refractivity contribution in [2.75, 3.05) is 17.7 Å². The summed E-state index contributed by atoms with van der Waals surface area (Å²) in [6.07, 6.45) is 6.26. The zero-order chi connectivity index (χ0) is 12.5. The number of aryl methyl sites for hydroxylation is 1. The molecule has 17 heavy (non-hydrogen) atoms. The highest BCUT2D eigenvalue weighted by atomic mass is 35.5. The molecule has 0 aliphatic carbocycles. The van der Waals surface area contributed by atoms with Crippen LogP contribution in [-0.4, -0.2) is 22.4 Å². The molecule has 96 valence electrons. The van der Waals surface area contributed by atoms with Crippen LogP contribution in [0.15, 0.2) is 6.33 Å². The molecule has 3 nitrogen and oxygen atoms in total. The second kappa shape index (κ2) is 8.23. The molecule has 1 heterocycles. The molecule has 0 bridgehead atoms. The molecule has 0 spiro atoms. The van der Waals surface area contributed by atoms with Crippen LogP contribution in [0, 0.1) is 5.82 Å². The van der Waals surface area contributed by atoms with Crippen molar-refractivity contribution < 1.29 is 4.39 Å². The number of hydrogen-bond acceptors (Lipinski definition) is 3. The Bertz CT molecular complexity index is 334. The second-order valence-electron chi connectivity index (χ2n) is 3.87. The number of nitrogens with one attached hydrogen (secondary N) is 1. The fraction of sp³-hybridized carbons (Fsp3) is 0.667. The van der Waals surface area contributed by atoms with Gasteiger partial charge in [0.15, 0.2) is 11.6 Å². The average Bonchev–Trinajstić information content (AvgIpc) is 2.35. The highest BCUT2D eigenvalue weighted by Crippen LogP contribution is 2.13. The van der Waals surface area contributed by atoms with Gasteiger partial charge in [0.25, 0.3) is 0 Å². The normalized spacial score (nSPS) is 10.5. The Kier molecular flexibility index (Phi) is 6.86. The first-order valence-electron chi connectivity index (χ1n) is 6.08. The monoisotopic (exact) mass is 259 g/mol. The minimum atomic E-state index is -0.323. The van der Waals surface area contributed by atoms with Gasteiger partial charge in [0.2, 0.25) is 0 Å². The summed E-state index contributed by atoms with van der Waals surface area (Å²) in [7, 11) is 0. The van der Waals surface area contributed by atoms with Gasteiger partial charge in [-0.2, -0.15) is 0 Å². The summed E-state index contributed by atoms with van der Waals surface area (Å²) in [5, 5.41) is 3.01. The molecule has 0 aromatic carbocycles. The summed E-state index contributed by atoms with van der Waals surface area (Å²) < 4.78 is 13.7. The van der Waals surface area contributed by atoms with Gasteiger partial charge in [0.1, 0.15) is 6.33 Å². The zero-order valence-corrected chi connectivity index (χ0v) is 10.9. The van der Waals surface area contributed by atoms with Crippen LogP contribution in [0.2, 0.25) is 0 Å². The lowest BCUT2D eigenvalue weighted by Crippen LogP contribution is -2.08. The van der Waals surface area contributed by atoms with Crippen LogP contribution in [0.25, 0.3) is 0 Å². The van der Waals surface area contributed by atoms with Gasteiger partial charge in [-0.05, 0) is 19.3 Å². The molecule has 0 fully saturated rings. The number of alkyl halides is 1. The van der Waals surface area contributed by atoms with Crippen molar-refractivity contribution in [3.05, 3.63) is 17.8 Å². The summed E-state index contributed by atoms with van der Waals surface area (Å²) in [5.74, 6) is 0.707. The van der Waals surface area contributed by atoms with E-state index in [2.05, 4.69) is 15.3 Å². The van der Waals surface area contributed by atoms with Gasteiger partial charge in [0.05, 0.1) is 5.69 Å². The molecule has 0 saturated carbocycles. The summed E-state index contributed by atoms with van der Waals surface area (Å²) in [6, 6.07) is 0. The molecule has 0 amide bonds. The van der Waals surface area contributed by atoms with Gasteiger partial charge >= 0.3 is 0 Å². The van der Waals surface area contributed by atoms with Crippen molar-refractivity contribution >= 4 is 17.4 Å². The molecule has 1 aromatic heterocycles. The van der Waals surface area contributed by atoms with Gasteiger partial charge in [0, 0.05) is 12.4 Å². The van der Waals surface area contributed by atoms with Crippen molar-refractivity contribution in [3.63, 3.8) is 0 Å². The van der Waals surface area contributed by atoms with E-state index in [1.54, 1.807) is 0 Å². The summed E-state index contributed by atoms with van der Waals surface area (Å²) in [5.41, 5.74) is 0.463. The molecule has 0 atom stereocenters. The third kappa shape index (κ3) is 4.86. The van der Waals surface area contributed by atoms with Gasteiger partial charge in [-0.25, -0.2) is 14.4 Å². The molecule has 5 heteroatoms. The third-order valence-corrected chi connectivity index (χ3v) is 2.82. The summed E-state index contributed by atoms with van der Waals surface area (Å²) in [6.45, 7) is 2.61.